The van der Waals surface area contributed by atoms with Crippen molar-refractivity contribution in [1.29, 1.82) is 0 Å². The van der Waals surface area contributed by atoms with Gasteiger partial charge < -0.3 is 15.2 Å². The number of amides is 1. The number of hydrogen-bond acceptors (Lipinski definition) is 5. The van der Waals surface area contributed by atoms with Gasteiger partial charge in [0.25, 0.3) is 5.91 Å². The predicted octanol–water partition coefficient (Wildman–Crippen LogP) is 2.12. The molecule has 0 spiro atoms. The van der Waals surface area contributed by atoms with E-state index in [1.165, 1.54) is 18.5 Å². The molecule has 0 saturated carbocycles. The van der Waals surface area contributed by atoms with Crippen LogP contribution in [0.15, 0.2) is 36.7 Å². The number of ether oxygens (including phenoxy) is 1. The molecule has 2 N–H and O–H groups in total. The highest BCUT2D eigenvalue weighted by Gasteiger charge is 2.43. The summed E-state index contributed by atoms with van der Waals surface area (Å²) in [5.41, 5.74) is 1.14. The lowest BCUT2D eigenvalue weighted by Gasteiger charge is -2.15. The number of pyridine rings is 2. The van der Waals surface area contributed by atoms with Crippen LogP contribution in [-0.4, -0.2) is 33.3 Å². The summed E-state index contributed by atoms with van der Waals surface area (Å²) < 4.78 is 42.3. The molecule has 0 fully saturated rings. The third kappa shape index (κ3) is 4.66. The Morgan fingerprint density at radius 2 is 2.08 bits per heavy atom. The summed E-state index contributed by atoms with van der Waals surface area (Å²) in [5, 5.41) is 10.9. The number of nitrogens with one attached hydrogen (secondary N) is 1. The Labute approximate surface area is 135 Å². The summed E-state index contributed by atoms with van der Waals surface area (Å²) in [5.74, 6) is -1.04. The minimum atomic E-state index is -5.02. The minimum Gasteiger partial charge on any atom is -0.437 e. The zero-order valence-corrected chi connectivity index (χ0v) is 12.5. The van der Waals surface area contributed by atoms with Gasteiger partial charge in [-0.3, -0.25) is 9.78 Å². The van der Waals surface area contributed by atoms with Gasteiger partial charge in [-0.1, -0.05) is 6.07 Å². The van der Waals surface area contributed by atoms with Crippen LogP contribution in [0.5, 0.6) is 11.6 Å². The normalized spacial score (nSPS) is 12.5. The van der Waals surface area contributed by atoms with Crippen LogP contribution in [0.25, 0.3) is 0 Å². The van der Waals surface area contributed by atoms with Crippen LogP contribution in [-0.2, 0) is 11.3 Å². The quantitative estimate of drug-likeness (QED) is 0.870. The Bertz CT molecular complexity index is 705. The molecule has 6 nitrogen and oxygen atoms in total. The van der Waals surface area contributed by atoms with Crippen molar-refractivity contribution in [2.24, 2.45) is 0 Å². The van der Waals surface area contributed by atoms with Crippen molar-refractivity contribution in [1.82, 2.24) is 15.3 Å². The number of carbonyl (C=O) groups is 1. The molecule has 0 saturated heterocycles. The van der Waals surface area contributed by atoms with Gasteiger partial charge >= 0.3 is 6.18 Å². The van der Waals surface area contributed by atoms with Gasteiger partial charge in [-0.25, -0.2) is 4.98 Å². The Kier molecular flexibility index (Phi) is 5.35. The summed E-state index contributed by atoms with van der Waals surface area (Å²) in [6.07, 6.45) is -5.20. The average Bonchev–Trinajstić information content (AvgIpc) is 2.54. The number of aliphatic hydroxyl groups is 1. The molecule has 2 aromatic heterocycles. The SMILES string of the molecule is Cc1ccc(Oc2ncccc2CNC(=O)[C@H](O)C(F)(F)F)cn1. The summed E-state index contributed by atoms with van der Waals surface area (Å²) in [6.45, 7) is 1.52. The van der Waals surface area contributed by atoms with E-state index in [0.717, 1.165) is 5.69 Å². The Balaban J connectivity index is 2.06. The second kappa shape index (κ2) is 7.26. The zero-order valence-electron chi connectivity index (χ0n) is 12.5. The van der Waals surface area contributed by atoms with E-state index < -0.39 is 18.2 Å². The van der Waals surface area contributed by atoms with Crippen LogP contribution in [0.1, 0.15) is 11.3 Å². The van der Waals surface area contributed by atoms with Crippen molar-refractivity contribution in [3.63, 3.8) is 0 Å². The van der Waals surface area contributed by atoms with Crippen molar-refractivity contribution >= 4 is 5.91 Å². The van der Waals surface area contributed by atoms with Gasteiger partial charge in [0, 0.05) is 24.0 Å². The Hall–Kier alpha value is -2.68. The van der Waals surface area contributed by atoms with Crippen LogP contribution in [0, 0.1) is 6.92 Å². The van der Waals surface area contributed by atoms with Gasteiger partial charge in [-0.05, 0) is 25.1 Å². The molecule has 0 radical (unpaired) electrons. The molecule has 1 atom stereocenters. The van der Waals surface area contributed by atoms with Gasteiger partial charge in [-0.2, -0.15) is 13.2 Å². The van der Waals surface area contributed by atoms with Crippen molar-refractivity contribution < 1.29 is 27.8 Å². The predicted molar refractivity (Wildman–Crippen MR) is 77.2 cm³/mol. The smallest absolute Gasteiger partial charge is 0.423 e. The maximum atomic E-state index is 12.3. The standard InChI is InChI=1S/C15H14F3N3O3/c1-9-4-5-11(8-20-9)24-14-10(3-2-6-19-14)7-21-13(23)12(22)15(16,17)18/h2-6,8,12,22H,7H2,1H3,(H,21,23)/t12-/m0/s1. The molecular weight excluding hydrogens is 327 g/mol. The van der Waals surface area contributed by atoms with Crippen molar-refractivity contribution in [3.05, 3.63) is 47.9 Å². The first kappa shape index (κ1) is 17.7. The number of rotatable bonds is 5. The third-order valence-corrected chi connectivity index (χ3v) is 2.96. The van der Waals surface area contributed by atoms with E-state index in [1.807, 2.05) is 5.32 Å². The van der Waals surface area contributed by atoms with Crippen LogP contribution in [0.2, 0.25) is 0 Å². The van der Waals surface area contributed by atoms with E-state index in [0.29, 0.717) is 11.3 Å². The Morgan fingerprint density at radius 3 is 2.71 bits per heavy atom. The molecule has 1 amide bonds. The van der Waals surface area contributed by atoms with Gasteiger partial charge in [0.1, 0.15) is 5.75 Å². The second-order valence-corrected chi connectivity index (χ2v) is 4.87. The number of aryl methyl sites for hydroxylation is 1. The lowest BCUT2D eigenvalue weighted by molar-refractivity contribution is -0.205. The summed E-state index contributed by atoms with van der Waals surface area (Å²) in [7, 11) is 0. The summed E-state index contributed by atoms with van der Waals surface area (Å²) in [6, 6.07) is 6.46. The van der Waals surface area contributed by atoms with Gasteiger partial charge in [-0.15, -0.1) is 0 Å². The lowest BCUT2D eigenvalue weighted by Crippen LogP contribution is -2.43. The van der Waals surface area contributed by atoms with Crippen LogP contribution >= 0.6 is 0 Å². The molecule has 0 bridgehead atoms. The van der Waals surface area contributed by atoms with Crippen LogP contribution in [0.3, 0.4) is 0 Å². The van der Waals surface area contributed by atoms with E-state index in [9.17, 15) is 18.0 Å². The number of carbonyl (C=O) groups excluding carboxylic acids is 1. The Morgan fingerprint density at radius 1 is 1.33 bits per heavy atom. The molecule has 2 rings (SSSR count). The first-order valence-corrected chi connectivity index (χ1v) is 6.84. The maximum absolute atomic E-state index is 12.3. The molecule has 0 aliphatic heterocycles. The highest BCUT2D eigenvalue weighted by Crippen LogP contribution is 2.23. The number of halogens is 3. The fourth-order valence-corrected chi connectivity index (χ4v) is 1.70. The molecule has 0 aliphatic rings. The zero-order chi connectivity index (χ0) is 17.7. The van der Waals surface area contributed by atoms with E-state index in [2.05, 4.69) is 9.97 Å². The first-order valence-electron chi connectivity index (χ1n) is 6.84. The minimum absolute atomic E-state index is 0.116. The topological polar surface area (TPSA) is 84.3 Å². The maximum Gasteiger partial charge on any atom is 0.423 e. The monoisotopic (exact) mass is 341 g/mol. The summed E-state index contributed by atoms with van der Waals surface area (Å²) >= 11 is 0. The van der Waals surface area contributed by atoms with E-state index in [4.69, 9.17) is 9.84 Å². The van der Waals surface area contributed by atoms with Crippen LogP contribution in [0.4, 0.5) is 13.2 Å². The number of hydrogen-bond donors (Lipinski definition) is 2. The van der Waals surface area contributed by atoms with Gasteiger partial charge in [0.15, 0.2) is 0 Å². The molecular formula is C15H14F3N3O3. The highest BCUT2D eigenvalue weighted by atomic mass is 19.4. The fourth-order valence-electron chi connectivity index (χ4n) is 1.70. The highest BCUT2D eigenvalue weighted by molar-refractivity contribution is 5.81. The van der Waals surface area contributed by atoms with E-state index in [1.54, 1.807) is 25.1 Å². The molecule has 128 valence electrons. The molecule has 9 heteroatoms. The molecule has 2 aromatic rings. The first-order chi connectivity index (χ1) is 11.3. The number of nitrogens with zero attached hydrogens (tertiary/aromatic N) is 2. The van der Waals surface area contributed by atoms with Crippen LogP contribution < -0.4 is 10.1 Å². The molecule has 0 aliphatic carbocycles. The summed E-state index contributed by atoms with van der Waals surface area (Å²) in [4.78, 5) is 19.3. The number of alkyl halides is 3. The largest absolute Gasteiger partial charge is 0.437 e. The fraction of sp³-hybridized carbons (Fsp3) is 0.267. The van der Waals surface area contributed by atoms with Gasteiger partial charge in [0.2, 0.25) is 12.0 Å². The molecule has 0 aromatic carbocycles. The molecule has 2 heterocycles. The second-order valence-electron chi connectivity index (χ2n) is 4.87. The average molecular weight is 341 g/mol. The van der Waals surface area contributed by atoms with Crippen molar-refractivity contribution in [3.8, 4) is 11.6 Å². The van der Waals surface area contributed by atoms with Crippen molar-refractivity contribution in [2.45, 2.75) is 25.7 Å². The van der Waals surface area contributed by atoms with E-state index >= 15 is 0 Å². The van der Waals surface area contributed by atoms with E-state index in [-0.39, 0.29) is 12.4 Å². The molecule has 24 heavy (non-hydrogen) atoms. The van der Waals surface area contributed by atoms with Crippen molar-refractivity contribution in [2.75, 3.05) is 0 Å². The number of aliphatic hydroxyl groups excluding tert-OH is 1. The number of aromatic nitrogens is 2. The lowest BCUT2D eigenvalue weighted by atomic mass is 10.2. The van der Waals surface area contributed by atoms with Gasteiger partial charge in [0.05, 0.1) is 6.20 Å². The molecule has 0 unspecified atom stereocenters. The third-order valence-electron chi connectivity index (χ3n) is 2.96.